The number of aryl methyl sites for hydroxylation is 2. The second-order valence-corrected chi connectivity index (χ2v) is 9.66. The molecule has 0 amide bonds. The first kappa shape index (κ1) is 18.2. The summed E-state index contributed by atoms with van der Waals surface area (Å²) in [5.41, 5.74) is 12.3. The number of aromatic nitrogens is 1. The van der Waals surface area contributed by atoms with Gasteiger partial charge in [-0.15, -0.1) is 0 Å². The van der Waals surface area contributed by atoms with Crippen LogP contribution in [-0.2, 0) is 5.41 Å². The van der Waals surface area contributed by atoms with Crippen LogP contribution in [0.25, 0.3) is 44.3 Å². The summed E-state index contributed by atoms with van der Waals surface area (Å²) >= 11 is 0. The molecular formula is C30H25NO. The third-order valence-corrected chi connectivity index (χ3v) is 7.85. The smallest absolute Gasteiger partial charge is 0.145 e. The van der Waals surface area contributed by atoms with Crippen molar-refractivity contribution in [2.75, 3.05) is 0 Å². The van der Waals surface area contributed by atoms with Gasteiger partial charge in [0.15, 0.2) is 0 Å². The fraction of sp³-hybridized carbons (Fsp3) is 0.233. The minimum Gasteiger partial charge on any atom is -0.455 e. The number of hydrogen-bond acceptors (Lipinski definition) is 2. The molecule has 32 heavy (non-hydrogen) atoms. The Balaban J connectivity index is 1.59. The number of hydrogen-bond donors (Lipinski definition) is 0. The number of benzene rings is 3. The van der Waals surface area contributed by atoms with E-state index in [2.05, 4.69) is 74.5 Å². The molecule has 0 atom stereocenters. The van der Waals surface area contributed by atoms with Gasteiger partial charge in [0.2, 0.25) is 0 Å². The zero-order chi connectivity index (χ0) is 21.4. The Hall–Kier alpha value is -3.39. The fourth-order valence-electron chi connectivity index (χ4n) is 6.40. The Morgan fingerprint density at radius 1 is 0.781 bits per heavy atom. The van der Waals surface area contributed by atoms with Crippen LogP contribution in [0.2, 0.25) is 0 Å². The Morgan fingerprint density at radius 3 is 2.38 bits per heavy atom. The molecule has 5 aromatic rings. The van der Waals surface area contributed by atoms with E-state index in [1.165, 1.54) is 69.8 Å². The predicted molar refractivity (Wildman–Crippen MR) is 131 cm³/mol. The van der Waals surface area contributed by atoms with Crippen molar-refractivity contribution in [2.45, 2.75) is 44.9 Å². The van der Waals surface area contributed by atoms with Crippen molar-refractivity contribution < 1.29 is 4.42 Å². The molecule has 3 aromatic carbocycles. The normalized spacial score (nSPS) is 16.2. The highest BCUT2D eigenvalue weighted by atomic mass is 16.3. The number of rotatable bonds is 1. The summed E-state index contributed by atoms with van der Waals surface area (Å²) in [6.45, 7) is 4.23. The molecule has 0 aliphatic heterocycles. The van der Waals surface area contributed by atoms with Gasteiger partial charge in [-0.05, 0) is 66.6 Å². The minimum atomic E-state index is 0.0939. The summed E-state index contributed by atoms with van der Waals surface area (Å²) in [5, 5.41) is 2.42. The standard InChI is InChI=1S/C30H25NO/c1-18-9-14-25(31-17-18)26-19(2)10-11-22-23-13-12-21-20-7-3-4-8-24(20)30(15-5-6-16-30)27(21)29(23)32-28(22)26/h3-4,7-14,17H,5-6,15-16H2,1-2H3. The first-order valence-electron chi connectivity index (χ1n) is 11.7. The highest BCUT2D eigenvalue weighted by Crippen LogP contribution is 2.59. The first-order chi connectivity index (χ1) is 15.7. The van der Waals surface area contributed by atoms with Crippen molar-refractivity contribution in [3.8, 4) is 22.4 Å². The number of furan rings is 1. The van der Waals surface area contributed by atoms with Gasteiger partial charge >= 0.3 is 0 Å². The van der Waals surface area contributed by atoms with Gasteiger partial charge in [0, 0.05) is 33.5 Å². The Kier molecular flexibility index (Phi) is 3.60. The molecule has 2 nitrogen and oxygen atoms in total. The van der Waals surface area contributed by atoms with E-state index in [4.69, 9.17) is 9.40 Å². The Morgan fingerprint density at radius 2 is 1.56 bits per heavy atom. The molecule has 2 heteroatoms. The summed E-state index contributed by atoms with van der Waals surface area (Å²) in [4.78, 5) is 4.75. The van der Waals surface area contributed by atoms with Gasteiger partial charge in [0.1, 0.15) is 11.2 Å². The second-order valence-electron chi connectivity index (χ2n) is 9.66. The van der Waals surface area contributed by atoms with E-state index in [9.17, 15) is 0 Å². The predicted octanol–water partition coefficient (Wildman–Crippen LogP) is 8.11. The van der Waals surface area contributed by atoms with Gasteiger partial charge in [-0.2, -0.15) is 0 Å². The molecule has 7 rings (SSSR count). The van der Waals surface area contributed by atoms with Crippen LogP contribution < -0.4 is 0 Å². The van der Waals surface area contributed by atoms with Gasteiger partial charge < -0.3 is 4.42 Å². The molecule has 0 unspecified atom stereocenters. The van der Waals surface area contributed by atoms with Gasteiger partial charge in [-0.3, -0.25) is 4.98 Å². The topological polar surface area (TPSA) is 26.0 Å². The van der Waals surface area contributed by atoms with E-state index in [0.717, 1.165) is 22.4 Å². The lowest BCUT2D eigenvalue weighted by Crippen LogP contribution is -2.20. The van der Waals surface area contributed by atoms with E-state index in [1.54, 1.807) is 0 Å². The largest absolute Gasteiger partial charge is 0.455 e. The lowest BCUT2D eigenvalue weighted by Gasteiger charge is -2.26. The van der Waals surface area contributed by atoms with Gasteiger partial charge in [0.25, 0.3) is 0 Å². The van der Waals surface area contributed by atoms with E-state index in [0.29, 0.717) is 0 Å². The summed E-state index contributed by atoms with van der Waals surface area (Å²) in [6, 6.07) is 22.3. The summed E-state index contributed by atoms with van der Waals surface area (Å²) in [5.74, 6) is 0. The highest BCUT2D eigenvalue weighted by molar-refractivity contribution is 6.12. The average molecular weight is 416 g/mol. The first-order valence-corrected chi connectivity index (χ1v) is 11.7. The van der Waals surface area contributed by atoms with Crippen molar-refractivity contribution in [1.29, 1.82) is 0 Å². The Bertz CT molecular complexity index is 1530. The van der Waals surface area contributed by atoms with E-state index < -0.39 is 0 Å². The maximum Gasteiger partial charge on any atom is 0.145 e. The number of nitrogens with zero attached hydrogens (tertiary/aromatic N) is 1. The molecule has 1 saturated carbocycles. The van der Waals surface area contributed by atoms with E-state index >= 15 is 0 Å². The fourth-order valence-corrected chi connectivity index (χ4v) is 6.40. The monoisotopic (exact) mass is 415 g/mol. The molecule has 2 heterocycles. The van der Waals surface area contributed by atoms with Crippen molar-refractivity contribution >= 4 is 21.9 Å². The maximum atomic E-state index is 6.87. The molecule has 156 valence electrons. The molecule has 2 aromatic heterocycles. The van der Waals surface area contributed by atoms with Crippen molar-refractivity contribution in [3.63, 3.8) is 0 Å². The maximum absolute atomic E-state index is 6.87. The Labute approximate surface area is 187 Å². The molecule has 0 N–H and O–H groups in total. The molecule has 2 aliphatic rings. The molecule has 0 bridgehead atoms. The van der Waals surface area contributed by atoms with Crippen LogP contribution in [0.5, 0.6) is 0 Å². The minimum absolute atomic E-state index is 0.0939. The quantitative estimate of drug-likeness (QED) is 0.276. The van der Waals surface area contributed by atoms with Crippen LogP contribution in [-0.4, -0.2) is 4.98 Å². The van der Waals surface area contributed by atoms with E-state index in [1.807, 2.05) is 6.20 Å². The summed E-state index contributed by atoms with van der Waals surface area (Å²) < 4.78 is 6.87. The second kappa shape index (κ2) is 6.32. The van der Waals surface area contributed by atoms with Crippen LogP contribution in [0.4, 0.5) is 0 Å². The van der Waals surface area contributed by atoms with Crippen molar-refractivity contribution in [2.24, 2.45) is 0 Å². The van der Waals surface area contributed by atoms with Crippen LogP contribution in [0.15, 0.2) is 71.3 Å². The van der Waals surface area contributed by atoms with Crippen LogP contribution >= 0.6 is 0 Å². The molecular weight excluding hydrogens is 390 g/mol. The third kappa shape index (κ3) is 2.22. The van der Waals surface area contributed by atoms with Crippen LogP contribution in [0.1, 0.15) is 47.9 Å². The molecule has 2 aliphatic carbocycles. The van der Waals surface area contributed by atoms with Gasteiger partial charge in [-0.1, -0.05) is 61.4 Å². The summed E-state index contributed by atoms with van der Waals surface area (Å²) in [7, 11) is 0. The lowest BCUT2D eigenvalue weighted by atomic mass is 9.76. The number of fused-ring (bicyclic) bond motifs is 9. The lowest BCUT2D eigenvalue weighted by molar-refractivity contribution is 0.540. The van der Waals surface area contributed by atoms with Gasteiger partial charge in [0.05, 0.1) is 5.69 Å². The molecule has 1 spiro atoms. The van der Waals surface area contributed by atoms with Gasteiger partial charge in [-0.25, -0.2) is 0 Å². The van der Waals surface area contributed by atoms with Crippen molar-refractivity contribution in [1.82, 2.24) is 4.98 Å². The van der Waals surface area contributed by atoms with Crippen LogP contribution in [0.3, 0.4) is 0 Å². The number of pyridine rings is 1. The molecule has 0 radical (unpaired) electrons. The third-order valence-electron chi connectivity index (χ3n) is 7.85. The van der Waals surface area contributed by atoms with E-state index in [-0.39, 0.29) is 5.41 Å². The zero-order valence-electron chi connectivity index (χ0n) is 18.5. The SMILES string of the molecule is Cc1ccc(-c2c(C)ccc3c2oc2c4c(ccc23)-c2ccccc2C42CCCC2)nc1. The van der Waals surface area contributed by atoms with Crippen LogP contribution in [0, 0.1) is 13.8 Å². The molecule has 1 fully saturated rings. The average Bonchev–Trinajstić information content (AvgIpc) is 3.51. The summed E-state index contributed by atoms with van der Waals surface area (Å²) in [6.07, 6.45) is 6.92. The molecule has 0 saturated heterocycles. The highest BCUT2D eigenvalue weighted by Gasteiger charge is 2.47. The zero-order valence-corrected chi connectivity index (χ0v) is 18.5. The van der Waals surface area contributed by atoms with Crippen molar-refractivity contribution in [3.05, 3.63) is 89.1 Å².